The largest absolute Gasteiger partial charge is 0.389 e. The van der Waals surface area contributed by atoms with Gasteiger partial charge in [0.1, 0.15) is 5.82 Å². The van der Waals surface area contributed by atoms with Crippen molar-refractivity contribution >= 4 is 11.6 Å². The fourth-order valence-electron chi connectivity index (χ4n) is 1.50. The van der Waals surface area contributed by atoms with Crippen molar-refractivity contribution in [3.8, 4) is 5.69 Å². The number of rotatable bonds is 2. The number of hydrogen-bond donors (Lipinski definition) is 1. The average Bonchev–Trinajstić information content (AvgIpc) is 2.64. The van der Waals surface area contributed by atoms with Crippen molar-refractivity contribution in [2.75, 3.05) is 0 Å². The van der Waals surface area contributed by atoms with Crippen molar-refractivity contribution < 1.29 is 9.50 Å². The van der Waals surface area contributed by atoms with Gasteiger partial charge in [-0.2, -0.15) is 5.10 Å². The Bertz CT molecular complexity index is 510. The first-order valence-electron chi connectivity index (χ1n) is 4.76. The normalized spacial score (nSPS) is 12.8. The Labute approximate surface area is 97.1 Å². The van der Waals surface area contributed by atoms with Crippen molar-refractivity contribution in [3.05, 3.63) is 47.0 Å². The number of nitrogens with zero attached hydrogens (tertiary/aromatic N) is 2. The Morgan fingerprint density at radius 3 is 2.81 bits per heavy atom. The SMILES string of the molecule is C[C@H](O)c1cc(F)ccc1-n1cc(Cl)cn1. The van der Waals surface area contributed by atoms with Crippen LogP contribution in [0.1, 0.15) is 18.6 Å². The highest BCUT2D eigenvalue weighted by atomic mass is 35.5. The van der Waals surface area contributed by atoms with Gasteiger partial charge in [0.2, 0.25) is 0 Å². The van der Waals surface area contributed by atoms with Crippen LogP contribution in [0.25, 0.3) is 5.69 Å². The molecule has 0 unspecified atom stereocenters. The zero-order chi connectivity index (χ0) is 11.7. The van der Waals surface area contributed by atoms with Gasteiger partial charge in [-0.05, 0) is 25.1 Å². The fraction of sp³-hybridized carbons (Fsp3) is 0.182. The summed E-state index contributed by atoms with van der Waals surface area (Å²) in [7, 11) is 0. The molecule has 0 saturated carbocycles. The Hall–Kier alpha value is -1.39. The standard InChI is InChI=1S/C11H10ClFN2O/c1-7(16)10-4-9(13)2-3-11(10)15-6-8(12)5-14-15/h2-7,16H,1H3/t7-/m0/s1. The van der Waals surface area contributed by atoms with Gasteiger partial charge in [0.25, 0.3) is 0 Å². The molecule has 0 fully saturated rings. The lowest BCUT2D eigenvalue weighted by Gasteiger charge is -2.11. The van der Waals surface area contributed by atoms with Crippen LogP contribution in [0.2, 0.25) is 5.02 Å². The maximum Gasteiger partial charge on any atom is 0.123 e. The molecule has 2 rings (SSSR count). The van der Waals surface area contributed by atoms with Crippen molar-refractivity contribution in [3.63, 3.8) is 0 Å². The molecular weight excluding hydrogens is 231 g/mol. The van der Waals surface area contributed by atoms with Gasteiger partial charge in [-0.3, -0.25) is 0 Å². The van der Waals surface area contributed by atoms with Crippen LogP contribution >= 0.6 is 11.6 Å². The molecule has 0 radical (unpaired) electrons. The molecule has 1 N–H and O–H groups in total. The van der Waals surface area contributed by atoms with Crippen LogP contribution in [0.5, 0.6) is 0 Å². The summed E-state index contributed by atoms with van der Waals surface area (Å²) in [5.74, 6) is -0.391. The van der Waals surface area contributed by atoms with E-state index in [9.17, 15) is 9.50 Å². The van der Waals surface area contributed by atoms with Gasteiger partial charge in [0.05, 0.1) is 23.0 Å². The monoisotopic (exact) mass is 240 g/mol. The molecule has 2 aromatic rings. The fourth-order valence-corrected chi connectivity index (χ4v) is 1.64. The number of aliphatic hydroxyl groups excluding tert-OH is 1. The smallest absolute Gasteiger partial charge is 0.123 e. The van der Waals surface area contributed by atoms with Gasteiger partial charge in [-0.15, -0.1) is 0 Å². The summed E-state index contributed by atoms with van der Waals surface area (Å²) in [6.45, 7) is 1.57. The average molecular weight is 241 g/mol. The summed E-state index contributed by atoms with van der Waals surface area (Å²) in [4.78, 5) is 0. The first kappa shape index (κ1) is 11.1. The Kier molecular flexibility index (Phi) is 2.94. The minimum atomic E-state index is -0.770. The van der Waals surface area contributed by atoms with Crippen LogP contribution in [0.15, 0.2) is 30.6 Å². The van der Waals surface area contributed by atoms with Crippen LogP contribution < -0.4 is 0 Å². The lowest BCUT2D eigenvalue weighted by Crippen LogP contribution is -2.03. The lowest BCUT2D eigenvalue weighted by atomic mass is 10.1. The van der Waals surface area contributed by atoms with E-state index in [0.717, 1.165) is 0 Å². The topological polar surface area (TPSA) is 38.0 Å². The number of halogens is 2. The predicted octanol–water partition coefficient (Wildman–Crippen LogP) is 2.72. The molecule has 84 valence electrons. The van der Waals surface area contributed by atoms with Gasteiger partial charge in [0.15, 0.2) is 0 Å². The molecule has 16 heavy (non-hydrogen) atoms. The van der Waals surface area contributed by atoms with Crippen LogP contribution in [0.3, 0.4) is 0 Å². The van der Waals surface area contributed by atoms with Crippen LogP contribution in [0, 0.1) is 5.82 Å². The number of aromatic nitrogens is 2. The third-order valence-electron chi connectivity index (χ3n) is 2.24. The van der Waals surface area contributed by atoms with E-state index in [4.69, 9.17) is 11.6 Å². The van der Waals surface area contributed by atoms with Crippen molar-refractivity contribution in [1.82, 2.24) is 9.78 Å². The third-order valence-corrected chi connectivity index (χ3v) is 2.43. The van der Waals surface area contributed by atoms with Gasteiger partial charge >= 0.3 is 0 Å². The van der Waals surface area contributed by atoms with E-state index in [-0.39, 0.29) is 0 Å². The highest BCUT2D eigenvalue weighted by Crippen LogP contribution is 2.23. The molecule has 1 aromatic carbocycles. The van der Waals surface area contributed by atoms with Crippen molar-refractivity contribution in [2.45, 2.75) is 13.0 Å². The van der Waals surface area contributed by atoms with Crippen LogP contribution in [-0.4, -0.2) is 14.9 Å². The summed E-state index contributed by atoms with van der Waals surface area (Å²) in [5.41, 5.74) is 1.09. The second-order valence-corrected chi connectivity index (χ2v) is 3.92. The summed E-state index contributed by atoms with van der Waals surface area (Å²) in [5, 5.41) is 14.1. The van der Waals surface area contributed by atoms with E-state index in [2.05, 4.69) is 5.10 Å². The molecule has 1 aromatic heterocycles. The van der Waals surface area contributed by atoms with Gasteiger partial charge in [-0.25, -0.2) is 9.07 Å². The summed E-state index contributed by atoms with van der Waals surface area (Å²) in [6, 6.07) is 4.16. The van der Waals surface area contributed by atoms with Gasteiger partial charge in [0, 0.05) is 11.8 Å². The Balaban J connectivity index is 2.56. The number of aliphatic hydroxyl groups is 1. The van der Waals surface area contributed by atoms with E-state index in [1.807, 2.05) is 0 Å². The molecule has 0 spiro atoms. The van der Waals surface area contributed by atoms with Crippen molar-refractivity contribution in [2.24, 2.45) is 0 Å². The number of benzene rings is 1. The molecule has 1 atom stereocenters. The first-order chi connectivity index (χ1) is 7.58. The highest BCUT2D eigenvalue weighted by molar-refractivity contribution is 6.30. The van der Waals surface area contributed by atoms with E-state index in [1.165, 1.54) is 23.0 Å². The minimum Gasteiger partial charge on any atom is -0.389 e. The zero-order valence-electron chi connectivity index (χ0n) is 8.56. The zero-order valence-corrected chi connectivity index (χ0v) is 9.32. The molecule has 5 heteroatoms. The molecule has 0 aliphatic carbocycles. The molecule has 0 aliphatic rings. The third kappa shape index (κ3) is 2.08. The molecule has 0 amide bonds. The maximum atomic E-state index is 13.1. The van der Waals surface area contributed by atoms with Gasteiger partial charge < -0.3 is 5.11 Å². The number of hydrogen-bond acceptors (Lipinski definition) is 2. The highest BCUT2D eigenvalue weighted by Gasteiger charge is 2.11. The van der Waals surface area contributed by atoms with Gasteiger partial charge in [-0.1, -0.05) is 11.6 Å². The molecule has 3 nitrogen and oxygen atoms in total. The quantitative estimate of drug-likeness (QED) is 0.877. The maximum absolute atomic E-state index is 13.1. The molecular formula is C11H10ClFN2O. The predicted molar refractivity (Wildman–Crippen MR) is 59.2 cm³/mol. The van der Waals surface area contributed by atoms with E-state index < -0.39 is 11.9 Å². The molecule has 0 aliphatic heterocycles. The van der Waals surface area contributed by atoms with Crippen LogP contribution in [0.4, 0.5) is 4.39 Å². The second-order valence-electron chi connectivity index (χ2n) is 3.48. The van der Waals surface area contributed by atoms with E-state index in [0.29, 0.717) is 16.3 Å². The molecule has 1 heterocycles. The minimum absolute atomic E-state index is 0.391. The van der Waals surface area contributed by atoms with E-state index >= 15 is 0 Å². The van der Waals surface area contributed by atoms with Crippen molar-refractivity contribution in [1.29, 1.82) is 0 Å². The Morgan fingerprint density at radius 1 is 1.50 bits per heavy atom. The summed E-state index contributed by atoms with van der Waals surface area (Å²) < 4.78 is 14.6. The lowest BCUT2D eigenvalue weighted by molar-refractivity contribution is 0.198. The second kappa shape index (κ2) is 4.23. The first-order valence-corrected chi connectivity index (χ1v) is 5.14. The summed E-state index contributed by atoms with van der Waals surface area (Å²) >= 11 is 5.75. The van der Waals surface area contributed by atoms with Crippen LogP contribution in [-0.2, 0) is 0 Å². The summed E-state index contributed by atoms with van der Waals surface area (Å²) in [6.07, 6.45) is 2.31. The van der Waals surface area contributed by atoms with E-state index in [1.54, 1.807) is 19.2 Å². The molecule has 0 bridgehead atoms. The molecule has 0 saturated heterocycles. The Morgan fingerprint density at radius 2 is 2.25 bits per heavy atom.